The molecule has 1 N–H and O–H groups in total. The molecule has 5 rings (SSSR count). The lowest BCUT2D eigenvalue weighted by atomic mass is 9.93. The monoisotopic (exact) mass is 536 g/mol. The Morgan fingerprint density at radius 1 is 1.11 bits per heavy atom. The van der Waals surface area contributed by atoms with Crippen molar-refractivity contribution in [3.63, 3.8) is 0 Å². The van der Waals surface area contributed by atoms with E-state index in [0.717, 1.165) is 18.5 Å². The van der Waals surface area contributed by atoms with Crippen LogP contribution in [0, 0.1) is 5.82 Å². The molecule has 3 aromatic rings. The van der Waals surface area contributed by atoms with Crippen LogP contribution in [0.1, 0.15) is 35.4 Å². The van der Waals surface area contributed by atoms with Crippen LogP contribution >= 0.6 is 11.3 Å². The molecule has 3 amide bonds. The number of nitrogens with one attached hydrogen (secondary N) is 1. The highest BCUT2D eigenvalue weighted by Crippen LogP contribution is 2.38. The van der Waals surface area contributed by atoms with Gasteiger partial charge in [0.25, 0.3) is 0 Å². The number of amides is 3. The number of rotatable bonds is 6. The van der Waals surface area contributed by atoms with E-state index in [-0.39, 0.29) is 29.8 Å². The number of urea groups is 1. The molecule has 1 saturated heterocycles. The van der Waals surface area contributed by atoms with Gasteiger partial charge in [0.1, 0.15) is 11.6 Å². The standard InChI is InChI=1S/C29H33FN4O3S/c1-20-19-33(15-16-34(20)29(36)31-24-8-3-4-9-25(24)37-2)27(35)11-14-32-13-10-26-23(12-17-38-26)28(32)21-6-5-7-22(30)18-21/h3-9,12,17-18,20,28H,10-11,13-16,19H2,1-2H3,(H,31,36)/t20-,28-/m1/s1. The Labute approximate surface area is 226 Å². The van der Waals surface area contributed by atoms with Gasteiger partial charge in [-0.3, -0.25) is 9.69 Å². The van der Waals surface area contributed by atoms with Crippen molar-refractivity contribution in [2.75, 3.05) is 45.2 Å². The molecule has 1 fully saturated rings. The van der Waals surface area contributed by atoms with Crippen LogP contribution in [0.5, 0.6) is 5.75 Å². The van der Waals surface area contributed by atoms with Crippen LogP contribution < -0.4 is 10.1 Å². The maximum atomic E-state index is 14.1. The SMILES string of the molecule is COc1ccccc1NC(=O)N1CCN(C(=O)CCN2CCc3sccc3[C@H]2c2cccc(F)c2)C[C@H]1C. The highest BCUT2D eigenvalue weighted by atomic mass is 32.1. The third-order valence-corrected chi connectivity index (χ3v) is 8.43. The van der Waals surface area contributed by atoms with Crippen LogP contribution in [0.3, 0.4) is 0 Å². The molecule has 38 heavy (non-hydrogen) atoms. The molecule has 2 aromatic carbocycles. The Hall–Kier alpha value is -3.43. The quantitative estimate of drug-likeness (QED) is 0.482. The first kappa shape index (κ1) is 26.2. The third kappa shape index (κ3) is 5.54. The zero-order valence-corrected chi connectivity index (χ0v) is 22.5. The number of fused-ring (bicyclic) bond motifs is 1. The van der Waals surface area contributed by atoms with Crippen LogP contribution in [0.4, 0.5) is 14.9 Å². The summed E-state index contributed by atoms with van der Waals surface area (Å²) in [6, 6.07) is 15.8. The van der Waals surface area contributed by atoms with Crippen molar-refractivity contribution in [1.29, 1.82) is 0 Å². The molecule has 9 heteroatoms. The second-order valence-electron chi connectivity index (χ2n) is 9.81. The van der Waals surface area contributed by atoms with Crippen LogP contribution in [0.25, 0.3) is 0 Å². The lowest BCUT2D eigenvalue weighted by Gasteiger charge is -2.40. The molecule has 200 valence electrons. The molecule has 0 saturated carbocycles. The molecule has 2 aliphatic heterocycles. The molecule has 0 spiro atoms. The van der Waals surface area contributed by atoms with Gasteiger partial charge in [-0.05, 0) is 60.2 Å². The van der Waals surface area contributed by atoms with E-state index in [9.17, 15) is 14.0 Å². The highest BCUT2D eigenvalue weighted by Gasteiger charge is 2.33. The minimum Gasteiger partial charge on any atom is -0.495 e. The van der Waals surface area contributed by atoms with Crippen LogP contribution in [-0.2, 0) is 11.2 Å². The molecule has 1 aromatic heterocycles. The van der Waals surface area contributed by atoms with Crippen molar-refractivity contribution in [1.82, 2.24) is 14.7 Å². The van der Waals surface area contributed by atoms with E-state index in [0.29, 0.717) is 44.0 Å². The first-order chi connectivity index (χ1) is 18.4. The maximum absolute atomic E-state index is 14.1. The lowest BCUT2D eigenvalue weighted by molar-refractivity contribution is -0.134. The summed E-state index contributed by atoms with van der Waals surface area (Å²) in [4.78, 5) is 33.4. The van der Waals surface area contributed by atoms with Crippen molar-refractivity contribution in [2.45, 2.75) is 31.8 Å². The van der Waals surface area contributed by atoms with Gasteiger partial charge in [-0.2, -0.15) is 0 Å². The maximum Gasteiger partial charge on any atom is 0.322 e. The van der Waals surface area contributed by atoms with Gasteiger partial charge in [0.15, 0.2) is 0 Å². The van der Waals surface area contributed by atoms with E-state index in [1.54, 1.807) is 47.6 Å². The minimum atomic E-state index is -0.248. The molecule has 0 radical (unpaired) electrons. The van der Waals surface area contributed by atoms with Gasteiger partial charge < -0.3 is 19.9 Å². The van der Waals surface area contributed by atoms with Gasteiger partial charge in [-0.25, -0.2) is 9.18 Å². The molecule has 0 aliphatic carbocycles. The fourth-order valence-electron chi connectivity index (χ4n) is 5.49. The number of carbonyl (C=O) groups excluding carboxylic acids is 2. The number of anilines is 1. The Balaban J connectivity index is 1.19. The molecular formula is C29H33FN4O3S. The summed E-state index contributed by atoms with van der Waals surface area (Å²) in [7, 11) is 1.57. The minimum absolute atomic E-state index is 0.0528. The predicted molar refractivity (Wildman–Crippen MR) is 147 cm³/mol. The van der Waals surface area contributed by atoms with E-state index in [2.05, 4.69) is 21.7 Å². The van der Waals surface area contributed by atoms with Crippen LogP contribution in [0.2, 0.25) is 0 Å². The number of hydrogen-bond acceptors (Lipinski definition) is 5. The van der Waals surface area contributed by atoms with Gasteiger partial charge in [0, 0.05) is 50.1 Å². The number of methoxy groups -OCH3 is 1. The van der Waals surface area contributed by atoms with E-state index >= 15 is 0 Å². The number of hydrogen-bond donors (Lipinski definition) is 1. The Kier molecular flexibility index (Phi) is 7.95. The molecular weight excluding hydrogens is 503 g/mol. The van der Waals surface area contributed by atoms with Crippen molar-refractivity contribution in [3.05, 3.63) is 81.8 Å². The second-order valence-corrected chi connectivity index (χ2v) is 10.8. The number of benzene rings is 2. The van der Waals surface area contributed by atoms with E-state index in [1.165, 1.54) is 16.5 Å². The summed E-state index contributed by atoms with van der Waals surface area (Å²) in [5, 5.41) is 5.02. The van der Waals surface area contributed by atoms with Crippen LogP contribution in [0.15, 0.2) is 60.0 Å². The molecule has 0 unspecified atom stereocenters. The first-order valence-corrected chi connectivity index (χ1v) is 13.9. The van der Waals surface area contributed by atoms with Gasteiger partial charge in [-0.1, -0.05) is 24.3 Å². The molecule has 7 nitrogen and oxygen atoms in total. The topological polar surface area (TPSA) is 65.1 Å². The average molecular weight is 537 g/mol. The number of para-hydroxylation sites is 2. The number of carbonyl (C=O) groups is 2. The number of halogens is 1. The fourth-order valence-corrected chi connectivity index (χ4v) is 6.40. The summed E-state index contributed by atoms with van der Waals surface area (Å²) in [5.74, 6) is 0.435. The average Bonchev–Trinajstić information content (AvgIpc) is 3.40. The van der Waals surface area contributed by atoms with Crippen molar-refractivity contribution < 1.29 is 18.7 Å². The summed E-state index contributed by atoms with van der Waals surface area (Å²) in [6.45, 7) is 4.82. The highest BCUT2D eigenvalue weighted by molar-refractivity contribution is 7.10. The largest absolute Gasteiger partial charge is 0.495 e. The van der Waals surface area contributed by atoms with Gasteiger partial charge in [0.05, 0.1) is 18.8 Å². The molecule has 2 aliphatic rings. The number of ether oxygens (including phenoxy) is 1. The number of nitrogens with zero attached hydrogens (tertiary/aromatic N) is 3. The summed E-state index contributed by atoms with van der Waals surface area (Å²) < 4.78 is 19.4. The molecule has 0 bridgehead atoms. The number of thiophene rings is 1. The predicted octanol–water partition coefficient (Wildman–Crippen LogP) is 5.00. The second kappa shape index (κ2) is 11.5. The van der Waals surface area contributed by atoms with Crippen molar-refractivity contribution in [3.8, 4) is 5.75 Å². The van der Waals surface area contributed by atoms with Crippen LogP contribution in [-0.4, -0.2) is 72.5 Å². The Morgan fingerprint density at radius 3 is 2.74 bits per heavy atom. The Bertz CT molecular complexity index is 1300. The van der Waals surface area contributed by atoms with Gasteiger partial charge >= 0.3 is 6.03 Å². The van der Waals surface area contributed by atoms with E-state index in [1.807, 2.05) is 30.0 Å². The van der Waals surface area contributed by atoms with E-state index in [4.69, 9.17) is 4.74 Å². The summed E-state index contributed by atoms with van der Waals surface area (Å²) in [5.41, 5.74) is 2.75. The van der Waals surface area contributed by atoms with Crippen molar-refractivity contribution in [2.24, 2.45) is 0 Å². The zero-order valence-electron chi connectivity index (χ0n) is 21.7. The number of piperazine rings is 1. The smallest absolute Gasteiger partial charge is 0.322 e. The van der Waals surface area contributed by atoms with Crippen molar-refractivity contribution >= 4 is 29.0 Å². The van der Waals surface area contributed by atoms with Gasteiger partial charge in [0.2, 0.25) is 5.91 Å². The first-order valence-electron chi connectivity index (χ1n) is 13.0. The molecule has 3 heterocycles. The van der Waals surface area contributed by atoms with Gasteiger partial charge in [-0.15, -0.1) is 11.3 Å². The van der Waals surface area contributed by atoms with E-state index < -0.39 is 0 Å². The fraction of sp³-hybridized carbons (Fsp3) is 0.379. The summed E-state index contributed by atoms with van der Waals surface area (Å²) in [6.07, 6.45) is 1.31. The normalized spacial score (nSPS) is 19.7. The Morgan fingerprint density at radius 2 is 1.95 bits per heavy atom. The molecule has 2 atom stereocenters. The zero-order chi connectivity index (χ0) is 26.6. The lowest BCUT2D eigenvalue weighted by Crippen LogP contribution is -2.56. The third-order valence-electron chi connectivity index (χ3n) is 7.43. The summed E-state index contributed by atoms with van der Waals surface area (Å²) >= 11 is 1.74.